The first-order valence-corrected chi connectivity index (χ1v) is 7.60. The normalized spacial score (nSPS) is 10.9. The molecule has 0 bridgehead atoms. The van der Waals surface area contributed by atoms with E-state index >= 15 is 0 Å². The maximum Gasteiger partial charge on any atom is 0.341 e. The van der Waals surface area contributed by atoms with Crippen LogP contribution in [0.25, 0.3) is 10.9 Å². The highest BCUT2D eigenvalue weighted by Gasteiger charge is 2.20. The van der Waals surface area contributed by atoms with Crippen molar-refractivity contribution in [1.29, 1.82) is 0 Å². The van der Waals surface area contributed by atoms with Crippen LogP contribution >= 0.6 is 0 Å². The topological polar surface area (TPSA) is 123 Å². The maximum atomic E-state index is 12.4. The van der Waals surface area contributed by atoms with Crippen LogP contribution in [0, 0.1) is 10.1 Å². The molecule has 1 aromatic heterocycles. The molecular weight excluding hydrogens is 316 g/mol. The molecule has 8 heteroatoms. The van der Waals surface area contributed by atoms with E-state index in [1.165, 1.54) is 12.1 Å². The van der Waals surface area contributed by atoms with Crippen LogP contribution in [0.4, 0.5) is 5.69 Å². The fourth-order valence-corrected chi connectivity index (χ4v) is 2.40. The summed E-state index contributed by atoms with van der Waals surface area (Å²) in [5, 5.41) is 20.1. The smallest absolute Gasteiger partial charge is 0.341 e. The number of aromatic nitrogens is 1. The van der Waals surface area contributed by atoms with Crippen molar-refractivity contribution in [3.8, 4) is 0 Å². The number of nitrogens with one attached hydrogen (secondary N) is 1. The summed E-state index contributed by atoms with van der Waals surface area (Å²) in [5.74, 6) is -1.39. The van der Waals surface area contributed by atoms with Gasteiger partial charge in [-0.25, -0.2) is 4.79 Å². The minimum Gasteiger partial charge on any atom is -0.477 e. The summed E-state index contributed by atoms with van der Waals surface area (Å²) in [6.45, 7) is 2.49. The van der Waals surface area contributed by atoms with Gasteiger partial charge in [-0.05, 0) is 12.5 Å². The Labute approximate surface area is 137 Å². The predicted molar refractivity (Wildman–Crippen MR) is 87.4 cm³/mol. The molecule has 0 saturated carbocycles. The van der Waals surface area contributed by atoms with Gasteiger partial charge in [0.15, 0.2) is 0 Å². The van der Waals surface area contributed by atoms with Gasteiger partial charge in [0.1, 0.15) is 5.56 Å². The molecule has 0 aliphatic carbocycles. The second-order valence-corrected chi connectivity index (χ2v) is 5.36. The molecule has 0 unspecified atom stereocenters. The van der Waals surface area contributed by atoms with Gasteiger partial charge in [0.05, 0.1) is 28.1 Å². The largest absolute Gasteiger partial charge is 0.477 e. The van der Waals surface area contributed by atoms with Crippen LogP contribution in [0.15, 0.2) is 23.0 Å². The number of pyridine rings is 1. The summed E-state index contributed by atoms with van der Waals surface area (Å²) >= 11 is 0. The minimum absolute atomic E-state index is 0.0312. The van der Waals surface area contributed by atoms with Crippen molar-refractivity contribution in [3.63, 3.8) is 0 Å². The van der Waals surface area contributed by atoms with Gasteiger partial charge in [-0.15, -0.1) is 0 Å². The van der Waals surface area contributed by atoms with Gasteiger partial charge in [-0.1, -0.05) is 19.8 Å². The number of nitro groups is 1. The molecule has 0 fully saturated rings. The highest BCUT2D eigenvalue weighted by molar-refractivity contribution is 5.94. The molecule has 0 aliphatic rings. The molecule has 0 radical (unpaired) electrons. The monoisotopic (exact) mass is 334 g/mol. The van der Waals surface area contributed by atoms with Gasteiger partial charge >= 0.3 is 5.97 Å². The van der Waals surface area contributed by atoms with Crippen molar-refractivity contribution < 1.29 is 19.6 Å². The first-order valence-electron chi connectivity index (χ1n) is 7.60. The average molecular weight is 334 g/mol. The molecule has 2 N–H and O–H groups in total. The van der Waals surface area contributed by atoms with Gasteiger partial charge in [0.25, 0.3) is 5.69 Å². The number of ether oxygens (including phenoxy) is 1. The van der Waals surface area contributed by atoms with Crippen molar-refractivity contribution in [1.82, 2.24) is 4.98 Å². The Morgan fingerprint density at radius 1 is 1.38 bits per heavy atom. The Balaban J connectivity index is 2.42. The molecule has 2 rings (SSSR count). The van der Waals surface area contributed by atoms with Crippen LogP contribution in [0.5, 0.6) is 0 Å². The van der Waals surface area contributed by atoms with Crippen molar-refractivity contribution >= 4 is 22.6 Å². The molecule has 0 atom stereocenters. The van der Waals surface area contributed by atoms with Crippen molar-refractivity contribution in [2.45, 2.75) is 32.8 Å². The SMILES string of the molecule is CCCCCOCc1[nH]c2ccc([N+](=O)[O-])cc2c(=O)c1C(=O)O. The standard InChI is InChI=1S/C16H18N2O6/c1-2-3-4-7-24-9-13-14(16(20)21)15(19)11-8-10(18(22)23)5-6-12(11)17-13/h5-6,8H,2-4,7,9H2,1H3,(H,17,19)(H,20,21). The first-order chi connectivity index (χ1) is 11.5. The van der Waals surface area contributed by atoms with E-state index in [1.807, 2.05) is 0 Å². The molecule has 24 heavy (non-hydrogen) atoms. The Kier molecular flexibility index (Phi) is 5.64. The molecule has 1 heterocycles. The van der Waals surface area contributed by atoms with Crippen LogP contribution < -0.4 is 5.43 Å². The molecule has 1 aromatic carbocycles. The van der Waals surface area contributed by atoms with Gasteiger partial charge < -0.3 is 14.8 Å². The summed E-state index contributed by atoms with van der Waals surface area (Å²) < 4.78 is 5.44. The number of aromatic amines is 1. The molecular formula is C16H18N2O6. The van der Waals surface area contributed by atoms with E-state index in [4.69, 9.17) is 4.74 Å². The lowest BCUT2D eigenvalue weighted by atomic mass is 10.1. The van der Waals surface area contributed by atoms with E-state index in [0.29, 0.717) is 12.1 Å². The lowest BCUT2D eigenvalue weighted by Crippen LogP contribution is -2.20. The number of carboxylic acids is 1. The number of carbonyl (C=O) groups is 1. The van der Waals surface area contributed by atoms with Gasteiger partial charge in [-0.2, -0.15) is 0 Å². The molecule has 0 amide bonds. The zero-order valence-corrected chi connectivity index (χ0v) is 13.2. The fraction of sp³-hybridized carbons (Fsp3) is 0.375. The van der Waals surface area contributed by atoms with Crippen LogP contribution in [-0.4, -0.2) is 27.6 Å². The Morgan fingerprint density at radius 3 is 2.75 bits per heavy atom. The highest BCUT2D eigenvalue weighted by atomic mass is 16.6. The second kappa shape index (κ2) is 7.69. The number of non-ortho nitro benzene ring substituents is 1. The van der Waals surface area contributed by atoms with E-state index < -0.39 is 21.9 Å². The number of aromatic carboxylic acids is 1. The summed E-state index contributed by atoms with van der Waals surface area (Å²) in [5.41, 5.74) is -0.980. The zero-order valence-electron chi connectivity index (χ0n) is 13.2. The summed E-state index contributed by atoms with van der Waals surface area (Å²) in [7, 11) is 0. The second-order valence-electron chi connectivity index (χ2n) is 5.36. The van der Waals surface area contributed by atoms with Crippen molar-refractivity contribution in [2.75, 3.05) is 6.61 Å². The van der Waals surface area contributed by atoms with Gasteiger partial charge in [-0.3, -0.25) is 14.9 Å². The quantitative estimate of drug-likeness (QED) is 0.435. The third-order valence-electron chi connectivity index (χ3n) is 3.63. The lowest BCUT2D eigenvalue weighted by Gasteiger charge is -2.09. The van der Waals surface area contributed by atoms with Crippen LogP contribution in [0.3, 0.4) is 0 Å². The number of hydrogen-bond donors (Lipinski definition) is 2. The maximum absolute atomic E-state index is 12.4. The molecule has 2 aromatic rings. The van der Waals surface area contributed by atoms with Crippen LogP contribution in [0.1, 0.15) is 42.2 Å². The molecule has 0 aliphatic heterocycles. The highest BCUT2D eigenvalue weighted by Crippen LogP contribution is 2.19. The number of nitrogens with zero attached hydrogens (tertiary/aromatic N) is 1. The number of carboxylic acid groups (broad SMARTS) is 1. The van der Waals surface area contributed by atoms with Gasteiger partial charge in [0, 0.05) is 18.7 Å². The lowest BCUT2D eigenvalue weighted by molar-refractivity contribution is -0.384. The van der Waals surface area contributed by atoms with Crippen molar-refractivity contribution in [3.05, 3.63) is 49.8 Å². The minimum atomic E-state index is -1.39. The molecule has 0 saturated heterocycles. The number of rotatable bonds is 8. The Hall–Kier alpha value is -2.74. The number of hydrogen-bond acceptors (Lipinski definition) is 5. The Morgan fingerprint density at radius 2 is 2.12 bits per heavy atom. The molecule has 8 nitrogen and oxygen atoms in total. The Bertz CT molecular complexity index is 827. The number of nitro benzene ring substituents is 1. The first kappa shape index (κ1) is 17.6. The number of benzene rings is 1. The number of H-pyrrole nitrogens is 1. The predicted octanol–water partition coefficient (Wildman–Crippen LogP) is 2.84. The van der Waals surface area contributed by atoms with E-state index in [-0.39, 0.29) is 23.4 Å². The van der Waals surface area contributed by atoms with E-state index in [9.17, 15) is 24.8 Å². The zero-order chi connectivity index (χ0) is 17.7. The van der Waals surface area contributed by atoms with Crippen LogP contribution in [-0.2, 0) is 11.3 Å². The summed E-state index contributed by atoms with van der Waals surface area (Å²) in [6, 6.07) is 3.72. The molecule has 128 valence electrons. The third kappa shape index (κ3) is 3.77. The fourth-order valence-electron chi connectivity index (χ4n) is 2.40. The summed E-state index contributed by atoms with van der Waals surface area (Å²) in [6.07, 6.45) is 2.89. The van der Waals surface area contributed by atoms with E-state index in [2.05, 4.69) is 11.9 Å². The molecule has 0 spiro atoms. The van der Waals surface area contributed by atoms with Crippen LogP contribution in [0.2, 0.25) is 0 Å². The average Bonchev–Trinajstić information content (AvgIpc) is 2.54. The van der Waals surface area contributed by atoms with E-state index in [0.717, 1.165) is 25.3 Å². The number of fused-ring (bicyclic) bond motifs is 1. The number of unbranched alkanes of at least 4 members (excludes halogenated alkanes) is 2. The van der Waals surface area contributed by atoms with Crippen molar-refractivity contribution in [2.24, 2.45) is 0 Å². The third-order valence-corrected chi connectivity index (χ3v) is 3.63. The van der Waals surface area contributed by atoms with E-state index in [1.54, 1.807) is 0 Å². The summed E-state index contributed by atoms with van der Waals surface area (Å²) in [4.78, 5) is 36.9. The van der Waals surface area contributed by atoms with Gasteiger partial charge in [0.2, 0.25) is 5.43 Å².